The highest BCUT2D eigenvalue weighted by molar-refractivity contribution is 5.48. The van der Waals surface area contributed by atoms with E-state index in [9.17, 15) is 4.79 Å². The second kappa shape index (κ2) is 10.8. The summed E-state index contributed by atoms with van der Waals surface area (Å²) in [5, 5.41) is 11.9. The third-order valence-corrected chi connectivity index (χ3v) is 3.86. The highest BCUT2D eigenvalue weighted by Crippen LogP contribution is 2.15. The summed E-state index contributed by atoms with van der Waals surface area (Å²) in [6.45, 7) is 5.06. The van der Waals surface area contributed by atoms with Crippen LogP contribution in [0.15, 0.2) is 54.6 Å². The van der Waals surface area contributed by atoms with Gasteiger partial charge in [-0.15, -0.1) is 0 Å². The fourth-order valence-electron chi connectivity index (χ4n) is 2.54. The predicted octanol–water partition coefficient (Wildman–Crippen LogP) is 2.52. The number of carbonyl (C=O) groups is 1. The second-order valence-corrected chi connectivity index (χ2v) is 5.63. The van der Waals surface area contributed by atoms with Crippen molar-refractivity contribution in [3.63, 3.8) is 0 Å². The van der Waals surface area contributed by atoms with Crippen LogP contribution in [-0.2, 0) is 22.6 Å². The number of anilines is 1. The fourth-order valence-corrected chi connectivity index (χ4v) is 2.54. The largest absolute Gasteiger partial charge is 0.463 e. The van der Waals surface area contributed by atoms with E-state index < -0.39 is 0 Å². The Hall–Kier alpha value is -2.84. The van der Waals surface area contributed by atoms with Gasteiger partial charge in [0.2, 0.25) is 0 Å². The minimum atomic E-state index is 0.365. The number of rotatable bonds is 5. The first-order chi connectivity index (χ1) is 12.3. The van der Waals surface area contributed by atoms with E-state index in [0.717, 1.165) is 37.3 Å². The Morgan fingerprint density at radius 1 is 1.04 bits per heavy atom. The molecule has 2 aromatic rings. The van der Waals surface area contributed by atoms with Crippen LogP contribution in [-0.4, -0.2) is 32.7 Å². The van der Waals surface area contributed by atoms with Crippen LogP contribution in [0.5, 0.6) is 0 Å². The molecule has 0 atom stereocenters. The molecule has 0 unspecified atom stereocenters. The summed E-state index contributed by atoms with van der Waals surface area (Å²) in [5.74, 6) is 0. The van der Waals surface area contributed by atoms with Gasteiger partial charge in [0.1, 0.15) is 6.61 Å². The SMILES string of the molecule is N#CCc1ccc(N2CCNCC2)cc1.O=COCc1ccccc1. The Labute approximate surface area is 148 Å². The maximum atomic E-state index is 9.76. The fraction of sp³-hybridized carbons (Fsp3) is 0.300. The van der Waals surface area contributed by atoms with E-state index in [-0.39, 0.29) is 0 Å². The molecule has 0 amide bonds. The molecule has 130 valence electrons. The van der Waals surface area contributed by atoms with Gasteiger partial charge in [0, 0.05) is 31.9 Å². The normalized spacial score (nSPS) is 13.2. The third kappa shape index (κ3) is 6.66. The molecular formula is C20H23N3O2. The van der Waals surface area contributed by atoms with E-state index in [0.29, 0.717) is 19.5 Å². The lowest BCUT2D eigenvalue weighted by Crippen LogP contribution is -2.43. The van der Waals surface area contributed by atoms with E-state index in [1.165, 1.54) is 5.69 Å². The molecule has 5 heteroatoms. The van der Waals surface area contributed by atoms with Crippen molar-refractivity contribution in [2.24, 2.45) is 0 Å². The Morgan fingerprint density at radius 3 is 2.32 bits per heavy atom. The van der Waals surface area contributed by atoms with Gasteiger partial charge in [0.25, 0.3) is 6.47 Å². The van der Waals surface area contributed by atoms with Gasteiger partial charge in [0.15, 0.2) is 0 Å². The molecule has 0 saturated carbocycles. The second-order valence-electron chi connectivity index (χ2n) is 5.63. The average Bonchev–Trinajstić information content (AvgIpc) is 2.69. The van der Waals surface area contributed by atoms with Crippen LogP contribution >= 0.6 is 0 Å². The van der Waals surface area contributed by atoms with Crippen LogP contribution in [0, 0.1) is 11.3 Å². The topological polar surface area (TPSA) is 65.4 Å². The van der Waals surface area contributed by atoms with Crippen molar-refractivity contribution >= 4 is 12.2 Å². The van der Waals surface area contributed by atoms with Gasteiger partial charge in [-0.25, -0.2) is 0 Å². The van der Waals surface area contributed by atoms with Crippen LogP contribution < -0.4 is 10.2 Å². The van der Waals surface area contributed by atoms with Crippen molar-refractivity contribution in [1.82, 2.24) is 5.32 Å². The number of hydrogen-bond donors (Lipinski definition) is 1. The molecule has 1 heterocycles. The lowest BCUT2D eigenvalue weighted by molar-refractivity contribution is -0.129. The maximum absolute atomic E-state index is 9.76. The molecule has 0 bridgehead atoms. The molecule has 3 rings (SSSR count). The Morgan fingerprint density at radius 2 is 1.72 bits per heavy atom. The molecule has 0 aliphatic carbocycles. The zero-order valence-corrected chi connectivity index (χ0v) is 14.2. The number of carbonyl (C=O) groups excluding carboxylic acids is 1. The minimum Gasteiger partial charge on any atom is -0.463 e. The van der Waals surface area contributed by atoms with Crippen LogP contribution in [0.25, 0.3) is 0 Å². The number of benzene rings is 2. The minimum absolute atomic E-state index is 0.365. The Kier molecular flexibility index (Phi) is 8.02. The van der Waals surface area contributed by atoms with Crippen LogP contribution in [0.3, 0.4) is 0 Å². The highest BCUT2D eigenvalue weighted by Gasteiger charge is 2.09. The first-order valence-corrected chi connectivity index (χ1v) is 8.34. The monoisotopic (exact) mass is 337 g/mol. The molecule has 0 aromatic heterocycles. The number of ether oxygens (including phenoxy) is 1. The summed E-state index contributed by atoms with van der Waals surface area (Å²) in [7, 11) is 0. The summed E-state index contributed by atoms with van der Waals surface area (Å²) in [4.78, 5) is 12.1. The molecule has 25 heavy (non-hydrogen) atoms. The van der Waals surface area contributed by atoms with Crippen molar-refractivity contribution in [3.8, 4) is 6.07 Å². The zero-order valence-electron chi connectivity index (χ0n) is 14.2. The van der Waals surface area contributed by atoms with E-state index in [2.05, 4.69) is 33.2 Å². The van der Waals surface area contributed by atoms with Gasteiger partial charge in [-0.2, -0.15) is 5.26 Å². The van der Waals surface area contributed by atoms with Crippen LogP contribution in [0.1, 0.15) is 11.1 Å². The van der Waals surface area contributed by atoms with Crippen molar-refractivity contribution in [3.05, 3.63) is 65.7 Å². The van der Waals surface area contributed by atoms with Gasteiger partial charge in [-0.05, 0) is 23.3 Å². The van der Waals surface area contributed by atoms with Crippen molar-refractivity contribution < 1.29 is 9.53 Å². The molecular weight excluding hydrogens is 314 g/mol. The number of hydrogen-bond acceptors (Lipinski definition) is 5. The van der Waals surface area contributed by atoms with E-state index in [1.807, 2.05) is 42.5 Å². The van der Waals surface area contributed by atoms with E-state index >= 15 is 0 Å². The van der Waals surface area contributed by atoms with Crippen molar-refractivity contribution in [1.29, 1.82) is 5.26 Å². The summed E-state index contributed by atoms with van der Waals surface area (Å²) in [6.07, 6.45) is 0.502. The number of nitrogens with one attached hydrogen (secondary N) is 1. The van der Waals surface area contributed by atoms with Gasteiger partial charge < -0.3 is 15.0 Å². The standard InChI is InChI=1S/C12H15N3.C8H8O2/c13-6-5-11-1-3-12(4-2-11)15-9-7-14-8-10-15;9-7-10-6-8-4-2-1-3-5-8/h1-4,14H,5,7-10H2;1-5,7H,6H2. The maximum Gasteiger partial charge on any atom is 0.293 e. The summed E-state index contributed by atoms with van der Waals surface area (Å²) < 4.78 is 4.54. The Balaban J connectivity index is 0.000000196. The zero-order chi connectivity index (χ0) is 17.7. The van der Waals surface area contributed by atoms with Crippen LogP contribution in [0.4, 0.5) is 5.69 Å². The molecule has 1 saturated heterocycles. The van der Waals surface area contributed by atoms with Gasteiger partial charge >= 0.3 is 0 Å². The van der Waals surface area contributed by atoms with Gasteiger partial charge in [-0.1, -0.05) is 42.5 Å². The molecule has 1 fully saturated rings. The Bertz CT molecular complexity index is 660. The number of piperazine rings is 1. The van der Waals surface area contributed by atoms with E-state index in [4.69, 9.17) is 5.26 Å². The average molecular weight is 337 g/mol. The molecule has 1 aliphatic heterocycles. The lowest BCUT2D eigenvalue weighted by atomic mass is 10.1. The molecule has 5 nitrogen and oxygen atoms in total. The van der Waals surface area contributed by atoms with Crippen molar-refractivity contribution in [2.75, 3.05) is 31.1 Å². The van der Waals surface area contributed by atoms with Crippen molar-refractivity contribution in [2.45, 2.75) is 13.0 Å². The highest BCUT2D eigenvalue weighted by atomic mass is 16.5. The molecule has 0 radical (unpaired) electrons. The van der Waals surface area contributed by atoms with E-state index in [1.54, 1.807) is 0 Å². The molecule has 0 spiro atoms. The number of nitrogens with zero attached hydrogens (tertiary/aromatic N) is 2. The van der Waals surface area contributed by atoms with Crippen LogP contribution in [0.2, 0.25) is 0 Å². The predicted molar refractivity (Wildman–Crippen MR) is 98.1 cm³/mol. The summed E-state index contributed by atoms with van der Waals surface area (Å²) in [6, 6.07) is 20.0. The third-order valence-electron chi connectivity index (χ3n) is 3.86. The molecule has 1 aliphatic rings. The summed E-state index contributed by atoms with van der Waals surface area (Å²) in [5.41, 5.74) is 3.36. The molecule has 1 N–H and O–H groups in total. The molecule has 2 aromatic carbocycles. The first-order valence-electron chi connectivity index (χ1n) is 8.34. The summed E-state index contributed by atoms with van der Waals surface area (Å²) >= 11 is 0. The smallest absolute Gasteiger partial charge is 0.293 e. The quantitative estimate of drug-likeness (QED) is 0.849. The lowest BCUT2D eigenvalue weighted by Gasteiger charge is -2.29. The van der Waals surface area contributed by atoms with Gasteiger partial charge in [-0.3, -0.25) is 4.79 Å². The van der Waals surface area contributed by atoms with Gasteiger partial charge in [0.05, 0.1) is 12.5 Å². The number of nitriles is 1. The first kappa shape index (κ1) is 18.5.